The number of aromatic carboxylic acids is 1. The number of anilines is 1. The van der Waals surface area contributed by atoms with E-state index in [4.69, 9.17) is 42.4 Å². The maximum absolute atomic E-state index is 12.9. The standard InChI is InChI=1S/C26H20N2O5.C19H14O4.C12H10O4.C8H8O3/c1-32-20-12-9-18-13-21(26(31)33-24(18)14-20)22-15-23(16-5-3-2-4-6-16)28(27-22)19-10-7-17(8-11-19)25(29)30;1-22-15-9-8-14-11-16(19(21)23-18(14)12-15)17(20)10-7-13-5-3-2-4-6-13;1-7(13)10-5-8-3-4-9(15-2)6-11(8)16-12(10)14;1-11-7-3-2-6(5-9)8(10)4-7/h2-14,23H,15H2,1H3,(H,29,30);2-12H,1H3;3-6H,1-2H3;2-5,10H,1H3/b;10-7+;;. The fraction of sp³-hybridized carbons (Fsp3) is 0.108. The van der Waals surface area contributed by atoms with E-state index in [9.17, 15) is 38.7 Å². The van der Waals surface area contributed by atoms with E-state index in [-0.39, 0.29) is 45.6 Å². The van der Waals surface area contributed by atoms with Crippen LogP contribution in [-0.2, 0) is 0 Å². The molecule has 0 aliphatic carbocycles. The lowest BCUT2D eigenvalue weighted by Gasteiger charge is -2.24. The van der Waals surface area contributed by atoms with E-state index < -0.39 is 22.8 Å². The molecule has 1 aliphatic rings. The number of phenols is 1. The number of carbonyl (C=O) groups excluding carboxylic acids is 3. The van der Waals surface area contributed by atoms with Crippen molar-refractivity contribution in [2.75, 3.05) is 33.4 Å². The molecule has 418 valence electrons. The Morgan fingerprint density at radius 2 is 1.06 bits per heavy atom. The van der Waals surface area contributed by atoms with Crippen molar-refractivity contribution in [3.05, 3.63) is 252 Å². The van der Waals surface area contributed by atoms with Crippen LogP contribution < -0.4 is 40.8 Å². The van der Waals surface area contributed by atoms with E-state index in [1.54, 1.807) is 92.0 Å². The fourth-order valence-electron chi connectivity index (χ4n) is 8.45. The number of ketones is 2. The van der Waals surface area contributed by atoms with Gasteiger partial charge in [-0.3, -0.25) is 19.4 Å². The molecular formula is C65H52N2O16. The highest BCUT2D eigenvalue weighted by atomic mass is 16.5. The molecule has 11 rings (SSSR count). The Labute approximate surface area is 472 Å². The van der Waals surface area contributed by atoms with Crippen molar-refractivity contribution in [2.45, 2.75) is 19.4 Å². The van der Waals surface area contributed by atoms with Gasteiger partial charge >= 0.3 is 22.8 Å². The van der Waals surface area contributed by atoms with Crippen LogP contribution in [-0.4, -0.2) is 68.2 Å². The van der Waals surface area contributed by atoms with Gasteiger partial charge in [-0.15, -0.1) is 0 Å². The van der Waals surface area contributed by atoms with E-state index in [1.165, 1.54) is 58.6 Å². The number of fused-ring (bicyclic) bond motifs is 3. The number of aldehydes is 1. The highest BCUT2D eigenvalue weighted by Crippen LogP contribution is 2.37. The Morgan fingerprint density at radius 1 is 0.578 bits per heavy atom. The van der Waals surface area contributed by atoms with Gasteiger partial charge in [0.2, 0.25) is 0 Å². The Hall–Kier alpha value is -11.1. The van der Waals surface area contributed by atoms with Crippen LogP contribution in [0.15, 0.2) is 215 Å². The van der Waals surface area contributed by atoms with Crippen LogP contribution in [0.25, 0.3) is 39.0 Å². The number of carboxylic acids is 1. The van der Waals surface area contributed by atoms with E-state index in [0.717, 1.165) is 22.2 Å². The van der Waals surface area contributed by atoms with Crippen LogP contribution in [0, 0.1) is 0 Å². The fourth-order valence-corrected chi connectivity index (χ4v) is 8.45. The Balaban J connectivity index is 0.000000156. The number of rotatable bonds is 13. The Bertz CT molecular complexity index is 4260. The molecule has 0 saturated carbocycles. The van der Waals surface area contributed by atoms with Crippen LogP contribution in [0.5, 0.6) is 28.7 Å². The molecule has 0 spiro atoms. The first-order chi connectivity index (χ1) is 40.1. The average molecular weight is 1120 g/mol. The van der Waals surface area contributed by atoms with E-state index >= 15 is 0 Å². The third-order valence-electron chi connectivity index (χ3n) is 12.8. The molecule has 0 bridgehead atoms. The van der Waals surface area contributed by atoms with Crippen LogP contribution in [0.2, 0.25) is 0 Å². The maximum atomic E-state index is 12.9. The van der Waals surface area contributed by atoms with Gasteiger partial charge in [-0.05, 0) is 115 Å². The van der Waals surface area contributed by atoms with Crippen LogP contribution in [0.3, 0.4) is 0 Å². The molecular weight excluding hydrogens is 1060 g/mol. The van der Waals surface area contributed by atoms with Gasteiger partial charge in [-0.2, -0.15) is 5.10 Å². The minimum absolute atomic E-state index is 0.00912. The lowest BCUT2D eigenvalue weighted by atomic mass is 9.98. The van der Waals surface area contributed by atoms with Crippen molar-refractivity contribution in [1.82, 2.24) is 0 Å². The molecule has 0 amide bonds. The summed E-state index contributed by atoms with van der Waals surface area (Å²) >= 11 is 0. The summed E-state index contributed by atoms with van der Waals surface area (Å²) in [4.78, 5) is 81.2. The number of phenolic OH excluding ortho intramolecular Hbond substituents is 1. The molecule has 1 aliphatic heterocycles. The van der Waals surface area contributed by atoms with Crippen molar-refractivity contribution in [1.29, 1.82) is 0 Å². The lowest BCUT2D eigenvalue weighted by Crippen LogP contribution is -2.18. The molecule has 4 heterocycles. The summed E-state index contributed by atoms with van der Waals surface area (Å²) in [6, 6.07) is 50.6. The van der Waals surface area contributed by atoms with Gasteiger partial charge in [0, 0.05) is 46.8 Å². The maximum Gasteiger partial charge on any atom is 0.347 e. The van der Waals surface area contributed by atoms with Gasteiger partial charge in [0.25, 0.3) is 0 Å². The van der Waals surface area contributed by atoms with Crippen LogP contribution in [0.4, 0.5) is 5.69 Å². The van der Waals surface area contributed by atoms with Crippen molar-refractivity contribution in [3.8, 4) is 28.7 Å². The normalized spacial score (nSPS) is 12.4. The topological polar surface area (TPSA) is 252 Å². The zero-order chi connectivity index (χ0) is 59.2. The number of hydrogen-bond donors (Lipinski definition) is 2. The number of hydrazone groups is 1. The second kappa shape index (κ2) is 26.7. The molecule has 0 radical (unpaired) electrons. The first-order valence-corrected chi connectivity index (χ1v) is 25.3. The molecule has 18 heteroatoms. The second-order valence-electron chi connectivity index (χ2n) is 18.1. The number of ether oxygens (including phenoxy) is 4. The molecule has 7 aromatic carbocycles. The third-order valence-corrected chi connectivity index (χ3v) is 12.8. The summed E-state index contributed by atoms with van der Waals surface area (Å²) in [7, 11) is 6.12. The quantitative estimate of drug-likeness (QED) is 0.0471. The molecule has 1 atom stereocenters. The summed E-state index contributed by atoms with van der Waals surface area (Å²) in [6.07, 6.45) is 4.13. The third kappa shape index (κ3) is 14.2. The number of hydrogen-bond acceptors (Lipinski definition) is 17. The number of carbonyl (C=O) groups is 4. The van der Waals surface area contributed by atoms with Crippen LogP contribution in [0.1, 0.15) is 77.5 Å². The van der Waals surface area contributed by atoms with Gasteiger partial charge < -0.3 is 42.4 Å². The summed E-state index contributed by atoms with van der Waals surface area (Å²) in [5, 5.41) is 27.1. The number of methoxy groups -OCH3 is 4. The predicted octanol–water partition coefficient (Wildman–Crippen LogP) is 11.8. The molecule has 0 fully saturated rings. The van der Waals surface area contributed by atoms with Crippen molar-refractivity contribution in [3.63, 3.8) is 0 Å². The van der Waals surface area contributed by atoms with Gasteiger partial charge in [0.15, 0.2) is 17.9 Å². The molecule has 10 aromatic rings. The van der Waals surface area contributed by atoms with Crippen LogP contribution >= 0.6 is 0 Å². The highest BCUT2D eigenvalue weighted by Gasteiger charge is 2.32. The molecule has 0 saturated heterocycles. The second-order valence-corrected chi connectivity index (χ2v) is 18.1. The molecule has 3 aromatic heterocycles. The number of Topliss-reactive ketones (excluding diaryl/α,β-unsaturated/α-hetero) is 1. The number of aromatic hydroxyl groups is 1. The average Bonchev–Trinajstić information content (AvgIpc) is 4.23. The minimum atomic E-state index is -0.989. The van der Waals surface area contributed by atoms with Gasteiger partial charge in [-0.25, -0.2) is 19.2 Å². The van der Waals surface area contributed by atoms with Gasteiger partial charge in [-0.1, -0.05) is 66.7 Å². The van der Waals surface area contributed by atoms with Crippen molar-refractivity contribution < 1.29 is 61.6 Å². The van der Waals surface area contributed by atoms with Gasteiger partial charge in [0.05, 0.1) is 62.6 Å². The largest absolute Gasteiger partial charge is 0.507 e. The summed E-state index contributed by atoms with van der Waals surface area (Å²) in [5.41, 5.74) is 3.71. The number of allylic oxidation sites excluding steroid dienone is 1. The predicted molar refractivity (Wildman–Crippen MR) is 313 cm³/mol. The number of nitrogens with zero attached hydrogens (tertiary/aromatic N) is 2. The Kier molecular flexibility index (Phi) is 18.6. The monoisotopic (exact) mass is 1120 g/mol. The van der Waals surface area contributed by atoms with Gasteiger partial charge in [0.1, 0.15) is 56.6 Å². The zero-order valence-electron chi connectivity index (χ0n) is 45.3. The highest BCUT2D eigenvalue weighted by molar-refractivity contribution is 6.08. The van der Waals surface area contributed by atoms with Crippen molar-refractivity contribution >= 4 is 74.2 Å². The molecule has 83 heavy (non-hydrogen) atoms. The molecule has 18 nitrogen and oxygen atoms in total. The Morgan fingerprint density at radius 3 is 1.57 bits per heavy atom. The van der Waals surface area contributed by atoms with E-state index in [2.05, 4.69) is 0 Å². The SMILES string of the molecule is COc1ccc(C=O)c(O)c1.COc1ccc2cc(C(=O)/C=C/c3ccccc3)c(=O)oc2c1.COc1ccc2cc(C(C)=O)c(=O)oc2c1.COc1ccc2cc(C3=NN(c4ccc(C(=O)O)cc4)C(c4ccccc4)C3)c(=O)oc2c1. The summed E-state index contributed by atoms with van der Waals surface area (Å²) in [5.74, 6) is 0.600. The smallest absolute Gasteiger partial charge is 0.347 e. The van der Waals surface area contributed by atoms with E-state index in [1.807, 2.05) is 77.8 Å². The zero-order valence-corrected chi connectivity index (χ0v) is 45.3. The summed E-state index contributed by atoms with van der Waals surface area (Å²) in [6.45, 7) is 1.33. The molecule has 1 unspecified atom stereocenters. The van der Waals surface area contributed by atoms with E-state index in [0.29, 0.717) is 74.5 Å². The number of benzene rings is 7. The first kappa shape index (κ1) is 58.0. The molecule has 2 N–H and O–H groups in total. The van der Waals surface area contributed by atoms with Crippen molar-refractivity contribution in [2.24, 2.45) is 5.10 Å². The lowest BCUT2D eigenvalue weighted by molar-refractivity contribution is 0.0696. The summed E-state index contributed by atoms with van der Waals surface area (Å²) < 4.78 is 36.0. The number of carboxylic acid groups (broad SMARTS) is 1. The minimum Gasteiger partial charge on any atom is -0.507 e. The first-order valence-electron chi connectivity index (χ1n) is 25.3.